The Bertz CT molecular complexity index is 560. The number of hydrogen-bond acceptors (Lipinski definition) is 6. The van der Waals surface area contributed by atoms with Crippen molar-refractivity contribution < 1.29 is 18.3 Å². The molecule has 0 saturated carbocycles. The van der Waals surface area contributed by atoms with Gasteiger partial charge in [-0.25, -0.2) is 18.7 Å². The number of aromatic nitrogens is 4. The first-order valence-corrected chi connectivity index (χ1v) is 5.50. The third-order valence-corrected chi connectivity index (χ3v) is 2.42. The topological polar surface area (TPSA) is 88.1 Å². The van der Waals surface area contributed by atoms with Crippen molar-refractivity contribution in [3.05, 3.63) is 6.33 Å². The molecule has 2 rings (SSSR count). The average molecular weight is 273 g/mol. The van der Waals surface area contributed by atoms with Gasteiger partial charge in [0.1, 0.15) is 12.9 Å². The van der Waals surface area contributed by atoms with Crippen molar-refractivity contribution in [1.82, 2.24) is 19.5 Å². The third kappa shape index (κ3) is 2.87. The van der Waals surface area contributed by atoms with E-state index >= 15 is 0 Å². The van der Waals surface area contributed by atoms with E-state index in [4.69, 9.17) is 15.2 Å². The van der Waals surface area contributed by atoms with E-state index in [2.05, 4.69) is 15.0 Å². The molecule has 0 aliphatic heterocycles. The Kier molecular flexibility index (Phi) is 4.05. The maximum atomic E-state index is 11.9. The van der Waals surface area contributed by atoms with Gasteiger partial charge in [0, 0.05) is 0 Å². The minimum atomic E-state index is -2.49. The lowest BCUT2D eigenvalue weighted by molar-refractivity contribution is 0.0151. The Hall–Kier alpha value is -2.03. The van der Waals surface area contributed by atoms with Gasteiger partial charge in [-0.05, 0) is 0 Å². The van der Waals surface area contributed by atoms with Crippen LogP contribution in [0.2, 0.25) is 0 Å². The van der Waals surface area contributed by atoms with Gasteiger partial charge in [0.15, 0.2) is 11.2 Å². The van der Waals surface area contributed by atoms with E-state index in [1.165, 1.54) is 13.4 Å². The van der Waals surface area contributed by atoms with Crippen molar-refractivity contribution >= 4 is 17.1 Å². The number of imidazole rings is 1. The molecular weight excluding hydrogens is 260 g/mol. The number of methoxy groups -OCH3 is 1. The quantitative estimate of drug-likeness (QED) is 0.779. The second-order valence-corrected chi connectivity index (χ2v) is 3.64. The summed E-state index contributed by atoms with van der Waals surface area (Å²) in [5.41, 5.74) is 6.65. The van der Waals surface area contributed by atoms with Gasteiger partial charge in [0.05, 0.1) is 20.3 Å². The first-order chi connectivity index (χ1) is 9.13. The van der Waals surface area contributed by atoms with E-state index in [1.807, 2.05) is 0 Å². The zero-order valence-corrected chi connectivity index (χ0v) is 10.2. The fraction of sp³-hybridized carbons (Fsp3) is 0.500. The predicted octanol–water partition coefficient (Wildman–Crippen LogP) is 0.699. The first-order valence-electron chi connectivity index (χ1n) is 5.50. The minimum Gasteiger partial charge on any atom is -0.479 e. The van der Waals surface area contributed by atoms with Crippen LogP contribution in [0, 0.1) is 0 Å². The maximum Gasteiger partial charge on any atom is 0.261 e. The van der Waals surface area contributed by atoms with Crippen molar-refractivity contribution in [2.24, 2.45) is 0 Å². The van der Waals surface area contributed by atoms with E-state index in [-0.39, 0.29) is 19.1 Å². The van der Waals surface area contributed by atoms with Gasteiger partial charge >= 0.3 is 0 Å². The Balaban J connectivity index is 2.16. The predicted molar refractivity (Wildman–Crippen MR) is 63.1 cm³/mol. The van der Waals surface area contributed by atoms with Gasteiger partial charge in [-0.3, -0.25) is 4.57 Å². The van der Waals surface area contributed by atoms with Gasteiger partial charge in [0.2, 0.25) is 11.8 Å². The summed E-state index contributed by atoms with van der Waals surface area (Å²) in [4.78, 5) is 12.0. The van der Waals surface area contributed by atoms with Crippen molar-refractivity contribution in [2.45, 2.75) is 13.0 Å². The molecule has 2 heterocycles. The van der Waals surface area contributed by atoms with Gasteiger partial charge < -0.3 is 15.2 Å². The van der Waals surface area contributed by atoms with Gasteiger partial charge in [0.25, 0.3) is 6.43 Å². The van der Waals surface area contributed by atoms with E-state index in [0.29, 0.717) is 17.0 Å². The molecule has 0 atom stereocenters. The second kappa shape index (κ2) is 5.74. The van der Waals surface area contributed by atoms with Crippen LogP contribution in [0.5, 0.6) is 5.88 Å². The monoisotopic (exact) mass is 273 g/mol. The van der Waals surface area contributed by atoms with Crippen molar-refractivity contribution in [2.75, 3.05) is 26.1 Å². The zero-order valence-electron chi connectivity index (χ0n) is 10.2. The Morgan fingerprint density at radius 3 is 2.89 bits per heavy atom. The Morgan fingerprint density at radius 2 is 2.21 bits per heavy atom. The van der Waals surface area contributed by atoms with Crippen LogP contribution in [0.4, 0.5) is 14.7 Å². The number of alkyl halides is 2. The summed E-state index contributed by atoms with van der Waals surface area (Å²) < 4.78 is 35.3. The molecule has 0 unspecified atom stereocenters. The molecule has 2 aromatic rings. The second-order valence-electron chi connectivity index (χ2n) is 3.64. The van der Waals surface area contributed by atoms with Crippen LogP contribution in [-0.4, -0.2) is 46.3 Å². The molecular formula is C10H13F2N5O2. The number of nitrogens with zero attached hydrogens (tertiary/aromatic N) is 4. The van der Waals surface area contributed by atoms with Crippen LogP contribution >= 0.6 is 0 Å². The summed E-state index contributed by atoms with van der Waals surface area (Å²) in [5.74, 6) is 0.512. The molecule has 0 fully saturated rings. The highest BCUT2D eigenvalue weighted by Gasteiger charge is 2.14. The summed E-state index contributed by atoms with van der Waals surface area (Å²) in [7, 11) is 1.46. The number of anilines is 1. The van der Waals surface area contributed by atoms with E-state index < -0.39 is 13.0 Å². The average Bonchev–Trinajstić information content (AvgIpc) is 2.70. The summed E-state index contributed by atoms with van der Waals surface area (Å²) in [6.07, 6.45) is -1.17. The molecule has 104 valence electrons. The minimum absolute atomic E-state index is 0.0896. The highest BCUT2D eigenvalue weighted by atomic mass is 19.3. The molecule has 19 heavy (non-hydrogen) atoms. The van der Waals surface area contributed by atoms with Gasteiger partial charge in [-0.1, -0.05) is 0 Å². The van der Waals surface area contributed by atoms with Gasteiger partial charge in [-0.15, -0.1) is 0 Å². The lowest BCUT2D eigenvalue weighted by Crippen LogP contribution is -2.12. The highest BCUT2D eigenvalue weighted by Crippen LogP contribution is 2.22. The van der Waals surface area contributed by atoms with Crippen molar-refractivity contribution in [3.63, 3.8) is 0 Å². The normalized spacial score (nSPS) is 11.4. The molecule has 0 radical (unpaired) electrons. The highest BCUT2D eigenvalue weighted by molar-refractivity contribution is 5.78. The van der Waals surface area contributed by atoms with Crippen LogP contribution in [0.25, 0.3) is 11.2 Å². The molecule has 2 aromatic heterocycles. The molecule has 7 nitrogen and oxygen atoms in total. The standard InChI is InChI=1S/C10H13F2N5O2/c1-18-9-7-8(14-5-15-9)17(10(13)16-7)2-3-19-4-6(11)12/h5-6H,2-4H2,1H3,(H2,13,16). The summed E-state index contributed by atoms with van der Waals surface area (Å²) >= 11 is 0. The number of rotatable bonds is 6. The molecule has 0 amide bonds. The summed E-state index contributed by atoms with van der Waals surface area (Å²) in [5, 5.41) is 0. The molecule has 2 N–H and O–H groups in total. The van der Waals surface area contributed by atoms with Crippen molar-refractivity contribution in [3.8, 4) is 5.88 Å². The lowest BCUT2D eigenvalue weighted by Gasteiger charge is -2.06. The van der Waals surface area contributed by atoms with E-state index in [1.54, 1.807) is 4.57 Å². The van der Waals surface area contributed by atoms with E-state index in [0.717, 1.165) is 0 Å². The van der Waals surface area contributed by atoms with Crippen LogP contribution < -0.4 is 10.5 Å². The summed E-state index contributed by atoms with van der Waals surface area (Å²) in [6.45, 7) is -0.244. The Labute approximate surface area is 107 Å². The fourth-order valence-corrected chi connectivity index (χ4v) is 1.63. The Morgan fingerprint density at radius 1 is 1.42 bits per heavy atom. The summed E-state index contributed by atoms with van der Waals surface area (Å²) in [6, 6.07) is 0. The SMILES string of the molecule is COc1ncnc2c1nc(N)n2CCOCC(F)F. The van der Waals surface area contributed by atoms with Crippen LogP contribution in [-0.2, 0) is 11.3 Å². The van der Waals surface area contributed by atoms with Crippen LogP contribution in [0.15, 0.2) is 6.33 Å². The van der Waals surface area contributed by atoms with Crippen molar-refractivity contribution in [1.29, 1.82) is 0 Å². The maximum absolute atomic E-state index is 11.9. The smallest absolute Gasteiger partial charge is 0.261 e. The van der Waals surface area contributed by atoms with Gasteiger partial charge in [-0.2, -0.15) is 4.98 Å². The number of ether oxygens (including phenoxy) is 2. The molecule has 0 aliphatic carbocycles. The molecule has 0 bridgehead atoms. The molecule has 0 aliphatic rings. The number of nitrogen functional groups attached to an aromatic ring is 1. The molecule has 9 heteroatoms. The number of nitrogens with two attached hydrogens (primary N) is 1. The number of fused-ring (bicyclic) bond motifs is 1. The molecule has 0 saturated heterocycles. The number of halogens is 2. The van der Waals surface area contributed by atoms with E-state index in [9.17, 15) is 8.78 Å². The fourth-order valence-electron chi connectivity index (χ4n) is 1.63. The van der Waals surface area contributed by atoms with Crippen LogP contribution in [0.3, 0.4) is 0 Å². The molecule has 0 aromatic carbocycles. The zero-order chi connectivity index (χ0) is 13.8. The largest absolute Gasteiger partial charge is 0.479 e. The number of hydrogen-bond donors (Lipinski definition) is 1. The third-order valence-electron chi connectivity index (χ3n) is 2.42. The first kappa shape index (κ1) is 13.4. The lowest BCUT2D eigenvalue weighted by atomic mass is 10.5. The molecule has 0 spiro atoms. The van der Waals surface area contributed by atoms with Crippen LogP contribution in [0.1, 0.15) is 0 Å².